The van der Waals surface area contributed by atoms with Gasteiger partial charge in [-0.1, -0.05) is 0 Å². The van der Waals surface area contributed by atoms with Crippen LogP contribution in [0, 0.1) is 0 Å². The van der Waals surface area contributed by atoms with Crippen molar-refractivity contribution in [3.05, 3.63) is 23.8 Å². The molecule has 4 heterocycles. The average molecular weight is 419 g/mol. The first-order valence-electron chi connectivity index (χ1n) is 10.6. The molecule has 11 nitrogen and oxygen atoms in total. The van der Waals surface area contributed by atoms with Crippen molar-refractivity contribution in [2.45, 2.75) is 38.4 Å². The van der Waals surface area contributed by atoms with Crippen molar-refractivity contribution in [1.82, 2.24) is 39.8 Å². The standard InChI is InChI=1S/C19H30N8O3/c1-3-26-8-5-16(21-26)17(28)24-7-4-6-19(15-24,25-9-13-30-14-10-25)18-20-22-23-27(18)11-12-29-2/h5,8H,3-4,6-7,9-15H2,1-2H3. The van der Waals surface area contributed by atoms with Gasteiger partial charge in [-0.15, -0.1) is 5.10 Å². The molecule has 30 heavy (non-hydrogen) atoms. The van der Waals surface area contributed by atoms with Gasteiger partial charge in [-0.05, 0) is 36.3 Å². The van der Waals surface area contributed by atoms with Gasteiger partial charge in [0.25, 0.3) is 5.91 Å². The van der Waals surface area contributed by atoms with Gasteiger partial charge >= 0.3 is 0 Å². The summed E-state index contributed by atoms with van der Waals surface area (Å²) in [5, 5.41) is 17.0. The molecule has 2 aromatic heterocycles. The van der Waals surface area contributed by atoms with E-state index in [4.69, 9.17) is 9.47 Å². The van der Waals surface area contributed by atoms with Crippen LogP contribution in [0.2, 0.25) is 0 Å². The minimum atomic E-state index is -0.456. The number of hydrogen-bond acceptors (Lipinski definition) is 8. The second kappa shape index (κ2) is 9.19. The molecular weight excluding hydrogens is 388 g/mol. The summed E-state index contributed by atoms with van der Waals surface area (Å²) in [7, 11) is 1.66. The third-order valence-corrected chi connectivity index (χ3v) is 6.01. The quantitative estimate of drug-likeness (QED) is 0.619. The van der Waals surface area contributed by atoms with Gasteiger partial charge in [-0.3, -0.25) is 14.4 Å². The van der Waals surface area contributed by atoms with Crippen LogP contribution in [0.3, 0.4) is 0 Å². The lowest BCUT2D eigenvalue weighted by Crippen LogP contribution is -2.61. The molecule has 0 saturated carbocycles. The lowest BCUT2D eigenvalue weighted by Gasteiger charge is -2.49. The van der Waals surface area contributed by atoms with Crippen LogP contribution in [0.15, 0.2) is 12.3 Å². The van der Waals surface area contributed by atoms with Crippen LogP contribution in [0.25, 0.3) is 0 Å². The minimum absolute atomic E-state index is 0.0459. The first kappa shape index (κ1) is 20.9. The van der Waals surface area contributed by atoms with Crippen LogP contribution in [0.5, 0.6) is 0 Å². The van der Waals surface area contributed by atoms with Gasteiger partial charge in [-0.25, -0.2) is 4.68 Å². The van der Waals surface area contributed by atoms with E-state index in [0.29, 0.717) is 45.1 Å². The number of amides is 1. The van der Waals surface area contributed by atoms with E-state index >= 15 is 0 Å². The van der Waals surface area contributed by atoms with Crippen molar-refractivity contribution >= 4 is 5.91 Å². The molecule has 11 heteroatoms. The van der Waals surface area contributed by atoms with E-state index in [9.17, 15) is 4.79 Å². The Morgan fingerprint density at radius 3 is 2.87 bits per heavy atom. The van der Waals surface area contributed by atoms with E-state index in [-0.39, 0.29) is 5.91 Å². The van der Waals surface area contributed by atoms with Gasteiger partial charge < -0.3 is 14.4 Å². The lowest BCUT2D eigenvalue weighted by atomic mass is 9.85. The smallest absolute Gasteiger partial charge is 0.274 e. The molecule has 4 rings (SSSR count). The monoisotopic (exact) mass is 418 g/mol. The number of hydrogen-bond donors (Lipinski definition) is 0. The Hall–Kier alpha value is -2.37. The SMILES string of the molecule is CCn1ccc(C(=O)N2CCCC(c3nnnn3CCOC)(N3CCOCC3)C2)n1. The highest BCUT2D eigenvalue weighted by Crippen LogP contribution is 2.37. The highest BCUT2D eigenvalue weighted by molar-refractivity contribution is 5.92. The molecule has 0 radical (unpaired) electrons. The molecule has 1 unspecified atom stereocenters. The van der Waals surface area contributed by atoms with Crippen molar-refractivity contribution in [2.75, 3.05) is 53.1 Å². The largest absolute Gasteiger partial charge is 0.383 e. The number of ether oxygens (including phenoxy) is 2. The first-order valence-corrected chi connectivity index (χ1v) is 10.6. The van der Waals surface area contributed by atoms with E-state index in [0.717, 1.165) is 38.3 Å². The molecule has 0 N–H and O–H groups in total. The second-order valence-corrected chi connectivity index (χ2v) is 7.74. The second-order valence-electron chi connectivity index (χ2n) is 7.74. The molecule has 2 fully saturated rings. The van der Waals surface area contributed by atoms with Crippen molar-refractivity contribution in [3.63, 3.8) is 0 Å². The van der Waals surface area contributed by atoms with Crippen molar-refractivity contribution < 1.29 is 14.3 Å². The summed E-state index contributed by atoms with van der Waals surface area (Å²) < 4.78 is 14.4. The highest BCUT2D eigenvalue weighted by atomic mass is 16.5. The average Bonchev–Trinajstić information content (AvgIpc) is 3.47. The number of carbonyl (C=O) groups is 1. The maximum absolute atomic E-state index is 13.3. The molecule has 2 saturated heterocycles. The molecule has 2 aliphatic heterocycles. The molecular formula is C19H30N8O3. The zero-order valence-corrected chi connectivity index (χ0v) is 17.7. The molecule has 164 valence electrons. The summed E-state index contributed by atoms with van der Waals surface area (Å²) in [5.41, 5.74) is 0.0241. The lowest BCUT2D eigenvalue weighted by molar-refractivity contribution is -0.0573. The Labute approximate surface area is 175 Å². The van der Waals surface area contributed by atoms with Crippen molar-refractivity contribution in [2.24, 2.45) is 0 Å². The fourth-order valence-electron chi connectivity index (χ4n) is 4.46. The topological polar surface area (TPSA) is 103 Å². The Morgan fingerprint density at radius 2 is 2.13 bits per heavy atom. The number of morpholine rings is 1. The summed E-state index contributed by atoms with van der Waals surface area (Å²) in [4.78, 5) is 17.5. The summed E-state index contributed by atoms with van der Waals surface area (Å²) in [5.74, 6) is 0.744. The van der Waals surface area contributed by atoms with Crippen LogP contribution in [0.1, 0.15) is 36.1 Å². The fraction of sp³-hybridized carbons (Fsp3) is 0.737. The Kier molecular flexibility index (Phi) is 6.40. The molecule has 0 aromatic carbocycles. The van der Waals surface area contributed by atoms with Crippen LogP contribution < -0.4 is 0 Å². The van der Waals surface area contributed by atoms with Crippen LogP contribution in [-0.2, 0) is 28.1 Å². The molecule has 0 aliphatic carbocycles. The third kappa shape index (κ3) is 3.96. The Balaban J connectivity index is 1.65. The number of likely N-dealkylation sites (tertiary alicyclic amines) is 1. The number of piperidine rings is 1. The fourth-order valence-corrected chi connectivity index (χ4v) is 4.46. The first-order chi connectivity index (χ1) is 14.7. The maximum Gasteiger partial charge on any atom is 0.274 e. The van der Waals surface area contributed by atoms with Crippen molar-refractivity contribution in [3.8, 4) is 0 Å². The molecule has 1 amide bonds. The predicted molar refractivity (Wildman–Crippen MR) is 107 cm³/mol. The zero-order chi connectivity index (χ0) is 21.0. The zero-order valence-electron chi connectivity index (χ0n) is 17.7. The summed E-state index contributed by atoms with van der Waals surface area (Å²) >= 11 is 0. The van der Waals surface area contributed by atoms with Crippen LogP contribution in [0.4, 0.5) is 0 Å². The summed E-state index contributed by atoms with van der Waals surface area (Å²) in [6.07, 6.45) is 3.60. The van der Waals surface area contributed by atoms with Gasteiger partial charge in [0.1, 0.15) is 11.2 Å². The van der Waals surface area contributed by atoms with Crippen molar-refractivity contribution in [1.29, 1.82) is 0 Å². The van der Waals surface area contributed by atoms with Gasteiger partial charge in [0.05, 0.1) is 26.4 Å². The number of nitrogens with zero attached hydrogens (tertiary/aromatic N) is 8. The predicted octanol–water partition coefficient (Wildman–Crippen LogP) is -0.000400. The molecule has 0 bridgehead atoms. The third-order valence-electron chi connectivity index (χ3n) is 6.01. The Bertz CT molecular complexity index is 846. The number of carbonyl (C=O) groups excluding carboxylic acids is 1. The van der Waals surface area contributed by atoms with E-state index in [1.165, 1.54) is 0 Å². The number of tetrazole rings is 1. The van der Waals surface area contributed by atoms with E-state index in [1.807, 2.05) is 22.7 Å². The summed E-state index contributed by atoms with van der Waals surface area (Å²) in [6.45, 7) is 7.94. The minimum Gasteiger partial charge on any atom is -0.383 e. The number of aryl methyl sites for hydroxylation is 1. The maximum atomic E-state index is 13.3. The molecule has 2 aromatic rings. The Morgan fingerprint density at radius 1 is 1.30 bits per heavy atom. The molecule has 2 aliphatic rings. The van der Waals surface area contributed by atoms with Crippen LogP contribution in [-0.4, -0.2) is 98.8 Å². The normalized spacial score (nSPS) is 23.1. The van der Waals surface area contributed by atoms with E-state index in [1.54, 1.807) is 17.9 Å². The highest BCUT2D eigenvalue weighted by Gasteiger charge is 2.48. The van der Waals surface area contributed by atoms with Gasteiger partial charge in [0.2, 0.25) is 0 Å². The molecule has 1 atom stereocenters. The number of methoxy groups -OCH3 is 1. The number of rotatable bonds is 7. The van der Waals surface area contributed by atoms with Crippen LogP contribution >= 0.6 is 0 Å². The van der Waals surface area contributed by atoms with Gasteiger partial charge in [0, 0.05) is 46.0 Å². The number of aromatic nitrogens is 6. The molecule has 0 spiro atoms. The summed E-state index contributed by atoms with van der Waals surface area (Å²) in [6, 6.07) is 1.79. The van der Waals surface area contributed by atoms with Gasteiger partial charge in [0.15, 0.2) is 5.82 Å². The van der Waals surface area contributed by atoms with E-state index in [2.05, 4.69) is 25.5 Å². The van der Waals surface area contributed by atoms with Gasteiger partial charge in [-0.2, -0.15) is 5.10 Å². The van der Waals surface area contributed by atoms with E-state index < -0.39 is 5.54 Å².